The smallest absolute Gasteiger partial charge is 0.119 e. The molecule has 0 aliphatic rings. The van der Waals surface area contributed by atoms with Crippen LogP contribution in [0.15, 0.2) is 18.2 Å². The van der Waals surface area contributed by atoms with Crippen molar-refractivity contribution in [2.24, 2.45) is 0 Å². The molecule has 0 heterocycles. The maximum atomic E-state index is 9.70. The number of aliphatic hydroxyl groups is 1. The molecule has 1 rings (SSSR count). The zero-order valence-corrected chi connectivity index (χ0v) is 11.2. The van der Waals surface area contributed by atoms with Crippen molar-refractivity contribution in [1.29, 1.82) is 0 Å². The van der Waals surface area contributed by atoms with Crippen LogP contribution in [0.5, 0.6) is 5.75 Å². The fourth-order valence-electron chi connectivity index (χ4n) is 1.43. The second kappa shape index (κ2) is 6.62. The molecule has 0 aliphatic heterocycles. The Morgan fingerprint density at radius 3 is 2.53 bits per heavy atom. The van der Waals surface area contributed by atoms with Crippen LogP contribution >= 0.6 is 0 Å². The van der Waals surface area contributed by atoms with Crippen LogP contribution in [-0.4, -0.2) is 30.4 Å². The zero-order valence-electron chi connectivity index (χ0n) is 11.2. The van der Waals surface area contributed by atoms with Gasteiger partial charge in [0.2, 0.25) is 0 Å². The molecule has 96 valence electrons. The molecule has 0 aliphatic carbocycles. The molecule has 3 heteroatoms. The van der Waals surface area contributed by atoms with Crippen molar-refractivity contribution in [3.63, 3.8) is 0 Å². The van der Waals surface area contributed by atoms with E-state index in [1.165, 1.54) is 11.1 Å². The number of benzene rings is 1. The largest absolute Gasteiger partial charge is 0.491 e. The fourth-order valence-corrected chi connectivity index (χ4v) is 1.43. The number of rotatable bonds is 6. The third-order valence-corrected chi connectivity index (χ3v) is 2.68. The standard InChI is InChI=1S/C14H23NO2/c1-10(2)15-8-13(16)9-17-14-6-5-11(3)12(4)7-14/h5-7,10,13,15-16H,8-9H2,1-4H3/t13-/m0/s1. The zero-order chi connectivity index (χ0) is 12.8. The molecule has 0 bridgehead atoms. The molecule has 1 atom stereocenters. The van der Waals surface area contributed by atoms with Gasteiger partial charge in [-0.3, -0.25) is 0 Å². The Morgan fingerprint density at radius 2 is 1.94 bits per heavy atom. The summed E-state index contributed by atoms with van der Waals surface area (Å²) in [5.74, 6) is 0.816. The van der Waals surface area contributed by atoms with Gasteiger partial charge in [0.05, 0.1) is 0 Å². The minimum absolute atomic E-state index is 0.322. The third kappa shape index (κ3) is 5.20. The summed E-state index contributed by atoms with van der Waals surface area (Å²) in [7, 11) is 0. The Balaban J connectivity index is 2.36. The average molecular weight is 237 g/mol. The summed E-state index contributed by atoms with van der Waals surface area (Å²) in [5.41, 5.74) is 2.46. The first-order valence-electron chi connectivity index (χ1n) is 6.10. The molecule has 3 nitrogen and oxygen atoms in total. The molecule has 0 saturated carbocycles. The number of aliphatic hydroxyl groups excluding tert-OH is 1. The highest BCUT2D eigenvalue weighted by molar-refractivity contribution is 5.33. The van der Waals surface area contributed by atoms with Crippen LogP contribution in [0.2, 0.25) is 0 Å². The summed E-state index contributed by atoms with van der Waals surface area (Å²) in [4.78, 5) is 0. The summed E-state index contributed by atoms with van der Waals surface area (Å²) in [5, 5.41) is 12.9. The van der Waals surface area contributed by atoms with Crippen LogP contribution in [0.25, 0.3) is 0 Å². The van der Waals surface area contributed by atoms with E-state index in [1.807, 2.05) is 18.2 Å². The molecule has 17 heavy (non-hydrogen) atoms. The Bertz CT molecular complexity index is 350. The number of nitrogens with one attached hydrogen (secondary N) is 1. The van der Waals surface area contributed by atoms with E-state index in [1.54, 1.807) is 0 Å². The van der Waals surface area contributed by atoms with E-state index in [-0.39, 0.29) is 0 Å². The van der Waals surface area contributed by atoms with Crippen LogP contribution < -0.4 is 10.1 Å². The van der Waals surface area contributed by atoms with Crippen molar-refractivity contribution in [3.05, 3.63) is 29.3 Å². The highest BCUT2D eigenvalue weighted by Crippen LogP contribution is 2.16. The highest BCUT2D eigenvalue weighted by atomic mass is 16.5. The molecule has 0 radical (unpaired) electrons. The highest BCUT2D eigenvalue weighted by Gasteiger charge is 2.06. The lowest BCUT2D eigenvalue weighted by molar-refractivity contribution is 0.104. The quantitative estimate of drug-likeness (QED) is 0.795. The van der Waals surface area contributed by atoms with Crippen LogP contribution in [0, 0.1) is 13.8 Å². The summed E-state index contributed by atoms with van der Waals surface area (Å²) in [6, 6.07) is 6.35. The Labute approximate surface area is 104 Å². The first-order valence-corrected chi connectivity index (χ1v) is 6.10. The second-order valence-corrected chi connectivity index (χ2v) is 4.77. The van der Waals surface area contributed by atoms with Gasteiger partial charge in [-0.2, -0.15) is 0 Å². The van der Waals surface area contributed by atoms with E-state index in [0.717, 1.165) is 5.75 Å². The SMILES string of the molecule is Cc1ccc(OC[C@@H](O)CNC(C)C)cc1C. The van der Waals surface area contributed by atoms with Crippen LogP contribution in [-0.2, 0) is 0 Å². The minimum Gasteiger partial charge on any atom is -0.491 e. The van der Waals surface area contributed by atoms with Crippen molar-refractivity contribution >= 4 is 0 Å². The Kier molecular flexibility index (Phi) is 5.45. The van der Waals surface area contributed by atoms with Crippen LogP contribution in [0.1, 0.15) is 25.0 Å². The van der Waals surface area contributed by atoms with Crippen LogP contribution in [0.4, 0.5) is 0 Å². The lowest BCUT2D eigenvalue weighted by Crippen LogP contribution is -2.35. The van der Waals surface area contributed by atoms with Gasteiger partial charge in [-0.15, -0.1) is 0 Å². The number of hydrogen-bond acceptors (Lipinski definition) is 3. The van der Waals surface area contributed by atoms with Crippen molar-refractivity contribution in [2.75, 3.05) is 13.2 Å². The Hall–Kier alpha value is -1.06. The fraction of sp³-hybridized carbons (Fsp3) is 0.571. The Morgan fingerprint density at radius 1 is 1.24 bits per heavy atom. The molecule has 0 amide bonds. The predicted molar refractivity (Wildman–Crippen MR) is 70.6 cm³/mol. The number of aryl methyl sites for hydroxylation is 2. The molecule has 1 aromatic carbocycles. The topological polar surface area (TPSA) is 41.5 Å². The molecule has 0 saturated heterocycles. The van der Waals surface area contributed by atoms with E-state index in [0.29, 0.717) is 19.2 Å². The molecule has 2 N–H and O–H groups in total. The van der Waals surface area contributed by atoms with E-state index in [9.17, 15) is 5.11 Å². The number of hydrogen-bond donors (Lipinski definition) is 2. The second-order valence-electron chi connectivity index (χ2n) is 4.77. The van der Waals surface area contributed by atoms with Gasteiger partial charge in [0.25, 0.3) is 0 Å². The average Bonchev–Trinajstić information content (AvgIpc) is 2.28. The molecule has 0 unspecified atom stereocenters. The molecule has 0 spiro atoms. The summed E-state index contributed by atoms with van der Waals surface area (Å²) in [6.07, 6.45) is -0.473. The van der Waals surface area contributed by atoms with E-state index in [4.69, 9.17) is 4.74 Å². The lowest BCUT2D eigenvalue weighted by atomic mass is 10.1. The van der Waals surface area contributed by atoms with Gasteiger partial charge < -0.3 is 15.2 Å². The van der Waals surface area contributed by atoms with Gasteiger partial charge in [0.15, 0.2) is 0 Å². The van der Waals surface area contributed by atoms with Gasteiger partial charge in [0, 0.05) is 12.6 Å². The van der Waals surface area contributed by atoms with E-state index in [2.05, 4.69) is 33.0 Å². The van der Waals surface area contributed by atoms with Gasteiger partial charge in [0.1, 0.15) is 18.5 Å². The number of ether oxygens (including phenoxy) is 1. The van der Waals surface area contributed by atoms with Crippen molar-refractivity contribution in [2.45, 2.75) is 39.8 Å². The minimum atomic E-state index is -0.473. The van der Waals surface area contributed by atoms with E-state index >= 15 is 0 Å². The molecule has 1 aromatic rings. The first kappa shape index (κ1) is 14.0. The summed E-state index contributed by atoms with van der Waals surface area (Å²) < 4.78 is 5.55. The molecular formula is C14H23NO2. The maximum absolute atomic E-state index is 9.70. The van der Waals surface area contributed by atoms with Crippen molar-refractivity contribution < 1.29 is 9.84 Å². The summed E-state index contributed by atoms with van der Waals surface area (Å²) in [6.45, 7) is 9.11. The van der Waals surface area contributed by atoms with Gasteiger partial charge in [-0.05, 0) is 37.1 Å². The monoisotopic (exact) mass is 237 g/mol. The molecule has 0 aromatic heterocycles. The van der Waals surface area contributed by atoms with Crippen LogP contribution in [0.3, 0.4) is 0 Å². The third-order valence-electron chi connectivity index (χ3n) is 2.68. The van der Waals surface area contributed by atoms with Crippen molar-refractivity contribution in [3.8, 4) is 5.75 Å². The predicted octanol–water partition coefficient (Wildman–Crippen LogP) is 2.04. The van der Waals surface area contributed by atoms with Gasteiger partial charge in [-0.1, -0.05) is 19.9 Å². The summed E-state index contributed by atoms with van der Waals surface area (Å²) >= 11 is 0. The normalized spacial score (nSPS) is 12.8. The van der Waals surface area contributed by atoms with Gasteiger partial charge in [-0.25, -0.2) is 0 Å². The van der Waals surface area contributed by atoms with Crippen molar-refractivity contribution in [1.82, 2.24) is 5.32 Å². The maximum Gasteiger partial charge on any atom is 0.119 e. The lowest BCUT2D eigenvalue weighted by Gasteiger charge is -2.15. The molecule has 0 fully saturated rings. The first-order chi connectivity index (χ1) is 7.99. The van der Waals surface area contributed by atoms with Gasteiger partial charge >= 0.3 is 0 Å². The molecular weight excluding hydrogens is 214 g/mol. The van der Waals surface area contributed by atoms with E-state index < -0.39 is 6.10 Å².